The number of β-lactam (4-membered cyclic amide) rings is 1. The standard InChI is InChI=1S/C19H18N8O5S2/c1-32-26-12(15-23-3-2-10(20)24-15)16(28)25-13-17(29)27-14(19(30)31)9(8-34-18(13)27)7-33-11-6-21-4-5-22-11/h2-6,13,18H,7-8H2,1H3,(H,25,28)(H,30,31)(H2,20,23,24)/b26-12+. The van der Waals surface area contributed by atoms with Crippen molar-refractivity contribution in [2.45, 2.75) is 16.4 Å². The number of hydrogen-bond donors (Lipinski definition) is 3. The number of oxime groups is 1. The molecule has 0 saturated carbocycles. The zero-order valence-corrected chi connectivity index (χ0v) is 19.2. The topological polar surface area (TPSA) is 186 Å². The minimum atomic E-state index is -1.21. The number of nitrogens with one attached hydrogen (secondary N) is 1. The highest BCUT2D eigenvalue weighted by Crippen LogP contribution is 2.41. The first-order valence-electron chi connectivity index (χ1n) is 9.70. The lowest BCUT2D eigenvalue weighted by Gasteiger charge is -2.49. The number of hydrogen-bond acceptors (Lipinski definition) is 12. The number of nitrogens with two attached hydrogens (primary N) is 1. The summed E-state index contributed by atoms with van der Waals surface area (Å²) in [6.45, 7) is 0. The molecular weight excluding hydrogens is 484 g/mol. The Morgan fingerprint density at radius 3 is 2.88 bits per heavy atom. The summed E-state index contributed by atoms with van der Waals surface area (Å²) in [6, 6.07) is 0.488. The number of fused-ring (bicyclic) bond motifs is 1. The van der Waals surface area contributed by atoms with Crippen LogP contribution < -0.4 is 11.1 Å². The second-order valence-corrected chi connectivity index (χ2v) is 8.98. The second-order valence-electron chi connectivity index (χ2n) is 6.88. The zero-order valence-electron chi connectivity index (χ0n) is 17.6. The van der Waals surface area contributed by atoms with Gasteiger partial charge in [0, 0.05) is 30.1 Å². The van der Waals surface area contributed by atoms with Gasteiger partial charge in [-0.25, -0.2) is 19.7 Å². The third-order valence-corrected chi connectivity index (χ3v) is 7.10. The second kappa shape index (κ2) is 10.0. The van der Waals surface area contributed by atoms with E-state index in [0.29, 0.717) is 22.1 Å². The fraction of sp³-hybridized carbons (Fsp3) is 0.263. The van der Waals surface area contributed by atoms with Gasteiger partial charge in [-0.05, 0) is 11.6 Å². The largest absolute Gasteiger partial charge is 0.477 e. The predicted molar refractivity (Wildman–Crippen MR) is 122 cm³/mol. The van der Waals surface area contributed by atoms with E-state index in [-0.39, 0.29) is 23.1 Å². The van der Waals surface area contributed by atoms with E-state index < -0.39 is 29.2 Å². The number of carboxylic acid groups (broad SMARTS) is 1. The number of carbonyl (C=O) groups is 3. The van der Waals surface area contributed by atoms with Crippen molar-refractivity contribution in [3.05, 3.63) is 47.9 Å². The molecule has 1 saturated heterocycles. The van der Waals surface area contributed by atoms with Gasteiger partial charge in [-0.2, -0.15) is 0 Å². The van der Waals surface area contributed by atoms with Gasteiger partial charge in [0.25, 0.3) is 11.8 Å². The molecule has 34 heavy (non-hydrogen) atoms. The Hall–Kier alpha value is -3.72. The molecule has 2 aliphatic rings. The third-order valence-electron chi connectivity index (χ3n) is 4.76. The Morgan fingerprint density at radius 2 is 2.21 bits per heavy atom. The maximum absolute atomic E-state index is 12.9. The van der Waals surface area contributed by atoms with Crippen molar-refractivity contribution in [3.63, 3.8) is 0 Å². The molecule has 2 aromatic heterocycles. The number of nitrogen functional groups attached to an aromatic ring is 1. The average Bonchev–Trinajstić information content (AvgIpc) is 2.84. The first kappa shape index (κ1) is 23.4. The predicted octanol–water partition coefficient (Wildman–Crippen LogP) is -0.270. The lowest BCUT2D eigenvalue weighted by molar-refractivity contribution is -0.150. The van der Waals surface area contributed by atoms with Crippen LogP contribution in [-0.2, 0) is 19.2 Å². The van der Waals surface area contributed by atoms with E-state index in [9.17, 15) is 19.5 Å². The highest BCUT2D eigenvalue weighted by Gasteiger charge is 2.54. The minimum absolute atomic E-state index is 0.0753. The smallest absolute Gasteiger partial charge is 0.352 e. The van der Waals surface area contributed by atoms with Crippen LogP contribution >= 0.6 is 23.5 Å². The van der Waals surface area contributed by atoms with Crippen molar-refractivity contribution in [2.24, 2.45) is 5.16 Å². The molecule has 0 aromatic carbocycles. The molecule has 4 N–H and O–H groups in total. The molecule has 2 atom stereocenters. The molecule has 4 heterocycles. The van der Waals surface area contributed by atoms with Gasteiger partial charge in [0.15, 0.2) is 5.82 Å². The number of carboxylic acids is 1. The van der Waals surface area contributed by atoms with Crippen LogP contribution in [-0.4, -0.2) is 83.5 Å². The molecule has 2 amide bonds. The van der Waals surface area contributed by atoms with E-state index in [1.54, 1.807) is 18.6 Å². The summed E-state index contributed by atoms with van der Waals surface area (Å²) in [5, 5.41) is 16.1. The van der Waals surface area contributed by atoms with Crippen molar-refractivity contribution in [3.8, 4) is 0 Å². The van der Waals surface area contributed by atoms with E-state index >= 15 is 0 Å². The van der Waals surface area contributed by atoms with Gasteiger partial charge in [0.05, 0.1) is 6.20 Å². The quantitative estimate of drug-likeness (QED) is 0.186. The summed E-state index contributed by atoms with van der Waals surface area (Å²) >= 11 is 2.68. The molecule has 15 heteroatoms. The average molecular weight is 503 g/mol. The third kappa shape index (κ3) is 4.65. The molecule has 0 aliphatic carbocycles. The van der Waals surface area contributed by atoms with Crippen molar-refractivity contribution in [1.29, 1.82) is 0 Å². The Morgan fingerprint density at radius 1 is 1.38 bits per heavy atom. The fourth-order valence-corrected chi connectivity index (χ4v) is 5.59. The summed E-state index contributed by atoms with van der Waals surface area (Å²) in [6.07, 6.45) is 6.02. The van der Waals surface area contributed by atoms with Crippen LogP contribution in [0.25, 0.3) is 0 Å². The Kier molecular flexibility index (Phi) is 6.93. The number of anilines is 1. The number of carbonyl (C=O) groups excluding carboxylic acids is 2. The van der Waals surface area contributed by atoms with E-state index in [0.717, 1.165) is 0 Å². The van der Waals surface area contributed by atoms with E-state index in [2.05, 4.69) is 30.4 Å². The highest BCUT2D eigenvalue weighted by molar-refractivity contribution is 8.01. The normalized spacial score (nSPS) is 19.9. The van der Waals surface area contributed by atoms with Crippen molar-refractivity contribution >= 4 is 52.8 Å². The van der Waals surface area contributed by atoms with Crippen LogP contribution in [0.5, 0.6) is 0 Å². The highest BCUT2D eigenvalue weighted by atomic mass is 32.2. The number of nitrogens with zero attached hydrogens (tertiary/aromatic N) is 6. The summed E-state index contributed by atoms with van der Waals surface area (Å²) < 4.78 is 0. The molecule has 13 nitrogen and oxygen atoms in total. The number of thioether (sulfide) groups is 2. The number of aromatic nitrogens is 4. The van der Waals surface area contributed by atoms with Crippen LogP contribution in [0.15, 0.2) is 52.3 Å². The number of aliphatic carboxylic acids is 1. The van der Waals surface area contributed by atoms with Crippen molar-refractivity contribution < 1.29 is 24.3 Å². The summed E-state index contributed by atoms with van der Waals surface area (Å²) in [5.74, 6) is -1.77. The molecule has 0 radical (unpaired) electrons. The maximum atomic E-state index is 12.9. The SMILES string of the molecule is CO/N=C(/C(=O)NC1C(=O)N2C(C(=O)O)=C(CSc3cnccn3)CSC12)c1nccc(N)n1. The van der Waals surface area contributed by atoms with Gasteiger partial charge in [-0.3, -0.25) is 19.5 Å². The zero-order chi connectivity index (χ0) is 24.2. The van der Waals surface area contributed by atoms with E-state index in [1.165, 1.54) is 47.8 Å². The Balaban J connectivity index is 1.50. The molecule has 2 unspecified atom stereocenters. The summed E-state index contributed by atoms with van der Waals surface area (Å²) in [4.78, 5) is 59.7. The molecule has 2 aliphatic heterocycles. The lowest BCUT2D eigenvalue weighted by Crippen LogP contribution is -2.71. The first-order chi connectivity index (χ1) is 16.4. The number of amides is 2. The fourth-order valence-electron chi connectivity index (χ4n) is 3.29. The molecule has 0 bridgehead atoms. The Labute approximate surface area is 201 Å². The van der Waals surface area contributed by atoms with Gasteiger partial charge in [0.1, 0.15) is 35.1 Å². The van der Waals surface area contributed by atoms with Crippen LogP contribution in [0, 0.1) is 0 Å². The maximum Gasteiger partial charge on any atom is 0.352 e. The van der Waals surface area contributed by atoms with Crippen molar-refractivity contribution in [2.75, 3.05) is 24.3 Å². The molecule has 4 rings (SSSR count). The van der Waals surface area contributed by atoms with Crippen LogP contribution in [0.4, 0.5) is 5.82 Å². The Bertz CT molecular complexity index is 1190. The molecule has 1 fully saturated rings. The summed E-state index contributed by atoms with van der Waals surface area (Å²) in [5.41, 5.74) is 5.88. The van der Waals surface area contributed by atoms with Crippen molar-refractivity contribution in [1.82, 2.24) is 30.2 Å². The first-order valence-corrected chi connectivity index (χ1v) is 11.7. The van der Waals surface area contributed by atoms with Gasteiger partial charge in [0.2, 0.25) is 5.71 Å². The minimum Gasteiger partial charge on any atom is -0.477 e. The van der Waals surface area contributed by atoms with Gasteiger partial charge in [-0.1, -0.05) is 5.16 Å². The van der Waals surface area contributed by atoms with E-state index in [4.69, 9.17) is 10.6 Å². The molecule has 176 valence electrons. The lowest BCUT2D eigenvalue weighted by atomic mass is 10.0. The van der Waals surface area contributed by atoms with Gasteiger partial charge in [-0.15, -0.1) is 23.5 Å². The van der Waals surface area contributed by atoms with Gasteiger partial charge >= 0.3 is 5.97 Å². The molecule has 2 aromatic rings. The molecular formula is C19H18N8O5S2. The summed E-state index contributed by atoms with van der Waals surface area (Å²) in [7, 11) is 1.25. The van der Waals surface area contributed by atoms with Gasteiger partial charge < -0.3 is 21.0 Å². The van der Waals surface area contributed by atoms with Crippen LogP contribution in [0.2, 0.25) is 0 Å². The van der Waals surface area contributed by atoms with Crippen LogP contribution in [0.1, 0.15) is 5.82 Å². The monoisotopic (exact) mass is 502 g/mol. The van der Waals surface area contributed by atoms with E-state index in [1.807, 2.05) is 0 Å². The van der Waals surface area contributed by atoms with Crippen LogP contribution in [0.3, 0.4) is 0 Å². The molecule has 0 spiro atoms. The number of rotatable bonds is 8.